The molecule has 7 nitrogen and oxygen atoms in total. The standard InChI is InChI=1S/C13H17ClN6O/c1-2-3-15-12-9-10(8-11(14)18-12)13(21)16-4-6-20-7-5-17-19-20/h5,7-9H,2-4,6H2,1H3,(H,15,18)(H,16,21). The van der Waals surface area contributed by atoms with Crippen LogP contribution in [0.15, 0.2) is 24.5 Å². The third kappa shape index (κ3) is 4.71. The number of hydrogen-bond donors (Lipinski definition) is 2. The summed E-state index contributed by atoms with van der Waals surface area (Å²) in [5.74, 6) is 0.407. The van der Waals surface area contributed by atoms with Gasteiger partial charge in [0.15, 0.2) is 0 Å². The van der Waals surface area contributed by atoms with Crippen LogP contribution in [0.1, 0.15) is 23.7 Å². The summed E-state index contributed by atoms with van der Waals surface area (Å²) in [6.07, 6.45) is 4.30. The van der Waals surface area contributed by atoms with Crippen LogP contribution in [0, 0.1) is 0 Å². The monoisotopic (exact) mass is 308 g/mol. The summed E-state index contributed by atoms with van der Waals surface area (Å²) in [5, 5.41) is 13.7. The SMILES string of the molecule is CCCNc1cc(C(=O)NCCn2ccnn2)cc(Cl)n1. The van der Waals surface area contributed by atoms with E-state index in [1.807, 2.05) is 0 Å². The highest BCUT2D eigenvalue weighted by Gasteiger charge is 2.09. The molecular formula is C13H17ClN6O. The molecule has 1 amide bonds. The first-order valence-corrected chi connectivity index (χ1v) is 7.10. The number of halogens is 1. The molecule has 0 aromatic carbocycles. The van der Waals surface area contributed by atoms with Crippen LogP contribution in [-0.4, -0.2) is 39.0 Å². The van der Waals surface area contributed by atoms with E-state index >= 15 is 0 Å². The Bertz CT molecular complexity index is 586. The Morgan fingerprint density at radius 2 is 2.24 bits per heavy atom. The van der Waals surface area contributed by atoms with E-state index in [-0.39, 0.29) is 11.1 Å². The Balaban J connectivity index is 1.93. The normalized spacial score (nSPS) is 10.4. The number of aromatic nitrogens is 4. The van der Waals surface area contributed by atoms with Crippen LogP contribution in [0.2, 0.25) is 5.15 Å². The molecule has 21 heavy (non-hydrogen) atoms. The molecule has 0 spiro atoms. The lowest BCUT2D eigenvalue weighted by Gasteiger charge is -2.08. The molecule has 2 aromatic heterocycles. The smallest absolute Gasteiger partial charge is 0.251 e. The van der Waals surface area contributed by atoms with Crippen LogP contribution in [0.5, 0.6) is 0 Å². The van der Waals surface area contributed by atoms with Crippen molar-refractivity contribution in [1.82, 2.24) is 25.3 Å². The van der Waals surface area contributed by atoms with E-state index in [4.69, 9.17) is 11.6 Å². The van der Waals surface area contributed by atoms with E-state index in [9.17, 15) is 4.79 Å². The van der Waals surface area contributed by atoms with Crippen molar-refractivity contribution in [2.45, 2.75) is 19.9 Å². The lowest BCUT2D eigenvalue weighted by atomic mass is 10.2. The molecule has 112 valence electrons. The molecule has 0 aliphatic rings. The Morgan fingerprint density at radius 1 is 1.38 bits per heavy atom. The quantitative estimate of drug-likeness (QED) is 0.759. The third-order valence-corrected chi connectivity index (χ3v) is 2.90. The zero-order valence-electron chi connectivity index (χ0n) is 11.7. The van der Waals surface area contributed by atoms with E-state index in [1.165, 1.54) is 0 Å². The Morgan fingerprint density at radius 3 is 2.95 bits per heavy atom. The van der Waals surface area contributed by atoms with Crippen molar-refractivity contribution in [1.29, 1.82) is 0 Å². The minimum atomic E-state index is -0.195. The van der Waals surface area contributed by atoms with Gasteiger partial charge in [-0.15, -0.1) is 5.10 Å². The highest BCUT2D eigenvalue weighted by atomic mass is 35.5. The number of rotatable bonds is 7. The van der Waals surface area contributed by atoms with E-state index in [0.717, 1.165) is 13.0 Å². The van der Waals surface area contributed by atoms with Gasteiger partial charge in [0.1, 0.15) is 11.0 Å². The van der Waals surface area contributed by atoms with Crippen molar-refractivity contribution in [3.63, 3.8) is 0 Å². The molecule has 0 radical (unpaired) electrons. The number of carbonyl (C=O) groups is 1. The molecule has 0 unspecified atom stereocenters. The molecule has 0 aliphatic carbocycles. The summed E-state index contributed by atoms with van der Waals surface area (Å²) >= 11 is 5.93. The molecule has 0 saturated heterocycles. The van der Waals surface area contributed by atoms with Crippen molar-refractivity contribution < 1.29 is 4.79 Å². The van der Waals surface area contributed by atoms with Crippen LogP contribution in [0.25, 0.3) is 0 Å². The van der Waals surface area contributed by atoms with Crippen LogP contribution in [-0.2, 0) is 6.54 Å². The molecule has 0 atom stereocenters. The Labute approximate surface area is 127 Å². The summed E-state index contributed by atoms with van der Waals surface area (Å²) in [5.41, 5.74) is 0.479. The molecule has 2 N–H and O–H groups in total. The summed E-state index contributed by atoms with van der Waals surface area (Å²) in [6.45, 7) is 3.85. The molecule has 2 rings (SSSR count). The second kappa shape index (κ2) is 7.58. The summed E-state index contributed by atoms with van der Waals surface area (Å²) in [7, 11) is 0. The fraction of sp³-hybridized carbons (Fsp3) is 0.385. The molecule has 2 aromatic rings. The van der Waals surface area contributed by atoms with Gasteiger partial charge in [0.05, 0.1) is 12.7 Å². The number of pyridine rings is 1. The van der Waals surface area contributed by atoms with Gasteiger partial charge in [0.25, 0.3) is 5.91 Å². The van der Waals surface area contributed by atoms with Crippen LogP contribution >= 0.6 is 11.6 Å². The predicted octanol–water partition coefficient (Wildman–Crippen LogP) is 1.58. The lowest BCUT2D eigenvalue weighted by molar-refractivity contribution is 0.0952. The zero-order chi connectivity index (χ0) is 15.1. The predicted molar refractivity (Wildman–Crippen MR) is 80.4 cm³/mol. The highest BCUT2D eigenvalue weighted by Crippen LogP contribution is 2.14. The first-order valence-electron chi connectivity index (χ1n) is 6.73. The van der Waals surface area contributed by atoms with Crippen LogP contribution in [0.3, 0.4) is 0 Å². The minimum Gasteiger partial charge on any atom is -0.370 e. The molecular weight excluding hydrogens is 292 g/mol. The number of nitrogens with zero attached hydrogens (tertiary/aromatic N) is 4. The maximum Gasteiger partial charge on any atom is 0.251 e. The van der Waals surface area contributed by atoms with E-state index in [0.29, 0.717) is 24.5 Å². The van der Waals surface area contributed by atoms with Gasteiger partial charge in [-0.25, -0.2) is 4.98 Å². The first kappa shape index (κ1) is 15.2. The largest absolute Gasteiger partial charge is 0.370 e. The van der Waals surface area contributed by atoms with Gasteiger partial charge < -0.3 is 10.6 Å². The van der Waals surface area contributed by atoms with Crippen LogP contribution < -0.4 is 10.6 Å². The van der Waals surface area contributed by atoms with Gasteiger partial charge in [-0.05, 0) is 18.6 Å². The summed E-state index contributed by atoms with van der Waals surface area (Å²) in [6, 6.07) is 3.23. The van der Waals surface area contributed by atoms with Gasteiger partial charge in [-0.3, -0.25) is 9.48 Å². The van der Waals surface area contributed by atoms with E-state index in [2.05, 4.69) is 32.9 Å². The van der Waals surface area contributed by atoms with Gasteiger partial charge in [0.2, 0.25) is 0 Å². The van der Waals surface area contributed by atoms with Crippen molar-refractivity contribution in [2.24, 2.45) is 0 Å². The summed E-state index contributed by atoms with van der Waals surface area (Å²) < 4.78 is 1.65. The number of nitrogens with one attached hydrogen (secondary N) is 2. The molecule has 8 heteroatoms. The summed E-state index contributed by atoms with van der Waals surface area (Å²) in [4.78, 5) is 16.2. The molecule has 0 fully saturated rings. The van der Waals surface area contributed by atoms with Crippen molar-refractivity contribution >= 4 is 23.3 Å². The van der Waals surface area contributed by atoms with Crippen LogP contribution in [0.4, 0.5) is 5.82 Å². The third-order valence-electron chi connectivity index (χ3n) is 2.71. The lowest BCUT2D eigenvalue weighted by Crippen LogP contribution is -2.27. The number of carbonyl (C=O) groups excluding carboxylic acids is 1. The molecule has 0 aliphatic heterocycles. The minimum absolute atomic E-state index is 0.195. The average Bonchev–Trinajstić information content (AvgIpc) is 2.97. The van der Waals surface area contributed by atoms with Crippen molar-refractivity contribution in [3.05, 3.63) is 35.2 Å². The second-order valence-electron chi connectivity index (χ2n) is 4.41. The molecule has 0 bridgehead atoms. The Hall–Kier alpha value is -2.15. The number of hydrogen-bond acceptors (Lipinski definition) is 5. The number of anilines is 1. The first-order chi connectivity index (χ1) is 10.2. The van der Waals surface area contributed by atoms with Gasteiger partial charge in [-0.1, -0.05) is 23.7 Å². The maximum absolute atomic E-state index is 12.1. The van der Waals surface area contributed by atoms with Gasteiger partial charge in [-0.2, -0.15) is 0 Å². The second-order valence-corrected chi connectivity index (χ2v) is 4.80. The van der Waals surface area contributed by atoms with Crippen molar-refractivity contribution in [2.75, 3.05) is 18.4 Å². The molecule has 2 heterocycles. The fourth-order valence-electron chi connectivity index (χ4n) is 1.71. The fourth-order valence-corrected chi connectivity index (χ4v) is 1.92. The van der Waals surface area contributed by atoms with Crippen molar-refractivity contribution in [3.8, 4) is 0 Å². The average molecular weight is 309 g/mol. The Kier molecular flexibility index (Phi) is 5.51. The molecule has 0 saturated carbocycles. The van der Waals surface area contributed by atoms with E-state index in [1.54, 1.807) is 29.2 Å². The highest BCUT2D eigenvalue weighted by molar-refractivity contribution is 6.29. The number of amides is 1. The van der Waals surface area contributed by atoms with Gasteiger partial charge >= 0.3 is 0 Å². The topological polar surface area (TPSA) is 84.7 Å². The van der Waals surface area contributed by atoms with E-state index < -0.39 is 0 Å². The van der Waals surface area contributed by atoms with Gasteiger partial charge in [0, 0.05) is 24.8 Å². The maximum atomic E-state index is 12.1. The zero-order valence-corrected chi connectivity index (χ0v) is 12.5.